The van der Waals surface area contributed by atoms with Gasteiger partial charge < -0.3 is 0 Å². The predicted molar refractivity (Wildman–Crippen MR) is 129 cm³/mol. The van der Waals surface area contributed by atoms with Crippen LogP contribution in [0.1, 0.15) is 48.5 Å². The van der Waals surface area contributed by atoms with Crippen LogP contribution in [-0.4, -0.2) is 32.9 Å². The third-order valence-electron chi connectivity index (χ3n) is 6.05. The number of carbonyl (C=O) groups excluding carboxylic acids is 1. The molecule has 1 aromatic heterocycles. The molecule has 1 amide bonds. The van der Waals surface area contributed by atoms with Crippen molar-refractivity contribution < 1.29 is 4.79 Å². The van der Waals surface area contributed by atoms with Gasteiger partial charge in [0, 0.05) is 29.5 Å². The Morgan fingerprint density at radius 2 is 1.69 bits per heavy atom. The fourth-order valence-corrected chi connectivity index (χ4v) is 5.16. The van der Waals surface area contributed by atoms with Gasteiger partial charge in [-0.2, -0.15) is 5.10 Å². The molecule has 6 heteroatoms. The molecule has 1 aliphatic heterocycles. The number of carbonyl (C=O) groups is 1. The highest BCUT2D eigenvalue weighted by Gasteiger charge is 2.28. The van der Waals surface area contributed by atoms with Crippen molar-refractivity contribution in [3.8, 4) is 11.3 Å². The van der Waals surface area contributed by atoms with Gasteiger partial charge in [0.1, 0.15) is 0 Å². The summed E-state index contributed by atoms with van der Waals surface area (Å²) in [4.78, 5) is 22.8. The van der Waals surface area contributed by atoms with Crippen molar-refractivity contribution in [3.05, 3.63) is 77.5 Å². The van der Waals surface area contributed by atoms with Gasteiger partial charge in [-0.25, -0.2) is 15.0 Å². The molecule has 0 fully saturated rings. The number of benzene rings is 2. The average Bonchev–Trinajstić information content (AvgIpc) is 3.22. The normalized spacial score (nSPS) is 17.8. The Labute approximate surface area is 193 Å². The number of hydrogen-bond donors (Lipinski definition) is 0. The SMILES string of the molecule is O=C(CSc1nc2c(c(-c3ccccc3)n1)CCCCC2)N1N=CC[C@H]1c1ccccc1. The van der Waals surface area contributed by atoms with Crippen molar-refractivity contribution >= 4 is 23.9 Å². The van der Waals surface area contributed by atoms with E-state index in [1.807, 2.05) is 42.6 Å². The second-order valence-electron chi connectivity index (χ2n) is 8.19. The minimum absolute atomic E-state index is 0.0163. The Morgan fingerprint density at radius 1 is 0.938 bits per heavy atom. The van der Waals surface area contributed by atoms with E-state index in [0.717, 1.165) is 48.2 Å². The molecule has 0 saturated carbocycles. The minimum Gasteiger partial charge on any atom is -0.272 e. The first-order valence-electron chi connectivity index (χ1n) is 11.3. The molecule has 2 heterocycles. The van der Waals surface area contributed by atoms with Gasteiger partial charge >= 0.3 is 0 Å². The van der Waals surface area contributed by atoms with Crippen LogP contribution in [0.2, 0.25) is 0 Å². The molecule has 1 atom stereocenters. The topological polar surface area (TPSA) is 58.5 Å². The molecule has 0 N–H and O–H groups in total. The second-order valence-corrected chi connectivity index (χ2v) is 9.14. The Morgan fingerprint density at radius 3 is 2.50 bits per heavy atom. The molecule has 1 aliphatic carbocycles. The van der Waals surface area contributed by atoms with E-state index < -0.39 is 0 Å². The summed E-state index contributed by atoms with van der Waals surface area (Å²) >= 11 is 1.41. The fraction of sp³-hybridized carbons (Fsp3) is 0.308. The summed E-state index contributed by atoms with van der Waals surface area (Å²) in [5.74, 6) is 0.255. The molecular weight excluding hydrogens is 416 g/mol. The second kappa shape index (κ2) is 9.65. The van der Waals surface area contributed by atoms with Gasteiger partial charge in [-0.15, -0.1) is 0 Å². The molecule has 32 heavy (non-hydrogen) atoms. The van der Waals surface area contributed by atoms with Gasteiger partial charge in [-0.05, 0) is 31.2 Å². The zero-order valence-electron chi connectivity index (χ0n) is 18.0. The third kappa shape index (κ3) is 4.46. The maximum absolute atomic E-state index is 13.0. The molecule has 0 spiro atoms. The van der Waals surface area contributed by atoms with Gasteiger partial charge in [0.2, 0.25) is 0 Å². The van der Waals surface area contributed by atoms with E-state index >= 15 is 0 Å². The van der Waals surface area contributed by atoms with E-state index in [-0.39, 0.29) is 17.7 Å². The highest BCUT2D eigenvalue weighted by Crippen LogP contribution is 2.32. The lowest BCUT2D eigenvalue weighted by molar-refractivity contribution is -0.130. The van der Waals surface area contributed by atoms with Crippen LogP contribution in [0, 0.1) is 0 Å². The molecule has 0 saturated heterocycles. The highest BCUT2D eigenvalue weighted by atomic mass is 32.2. The number of hydrogen-bond acceptors (Lipinski definition) is 5. The molecule has 5 rings (SSSR count). The summed E-state index contributed by atoms with van der Waals surface area (Å²) in [6, 6.07) is 20.4. The maximum atomic E-state index is 13.0. The first kappa shape index (κ1) is 20.9. The maximum Gasteiger partial charge on any atom is 0.253 e. The number of aromatic nitrogens is 2. The van der Waals surface area contributed by atoms with Crippen molar-refractivity contribution in [3.63, 3.8) is 0 Å². The number of fused-ring (bicyclic) bond motifs is 1. The highest BCUT2D eigenvalue weighted by molar-refractivity contribution is 7.99. The van der Waals surface area contributed by atoms with E-state index in [2.05, 4.69) is 29.4 Å². The van der Waals surface area contributed by atoms with Crippen LogP contribution in [0.3, 0.4) is 0 Å². The van der Waals surface area contributed by atoms with E-state index in [4.69, 9.17) is 9.97 Å². The number of aryl methyl sites for hydroxylation is 1. The molecule has 5 nitrogen and oxygen atoms in total. The summed E-state index contributed by atoms with van der Waals surface area (Å²) in [7, 11) is 0. The predicted octanol–water partition coefficient (Wildman–Crippen LogP) is 5.46. The molecule has 162 valence electrons. The smallest absolute Gasteiger partial charge is 0.253 e. The van der Waals surface area contributed by atoms with Crippen LogP contribution in [-0.2, 0) is 17.6 Å². The van der Waals surface area contributed by atoms with E-state index in [9.17, 15) is 4.79 Å². The van der Waals surface area contributed by atoms with E-state index in [1.165, 1.54) is 30.2 Å². The molecular formula is C26H26N4OS. The first-order valence-corrected chi connectivity index (χ1v) is 12.3. The van der Waals surface area contributed by atoms with Crippen LogP contribution < -0.4 is 0 Å². The molecule has 3 aromatic rings. The fourth-order valence-electron chi connectivity index (χ4n) is 4.45. The molecule has 2 aliphatic rings. The number of amides is 1. The third-order valence-corrected chi connectivity index (χ3v) is 6.89. The molecule has 2 aromatic carbocycles. The van der Waals surface area contributed by atoms with Crippen molar-refractivity contribution in [1.29, 1.82) is 0 Å². The van der Waals surface area contributed by atoms with Crippen LogP contribution >= 0.6 is 11.8 Å². The van der Waals surface area contributed by atoms with Gasteiger partial charge in [0.05, 0.1) is 17.5 Å². The first-order chi connectivity index (χ1) is 15.8. The zero-order valence-corrected chi connectivity index (χ0v) is 18.8. The summed E-state index contributed by atoms with van der Waals surface area (Å²) in [5.41, 5.74) is 5.67. The van der Waals surface area contributed by atoms with Gasteiger partial charge in [-0.3, -0.25) is 4.79 Å². The van der Waals surface area contributed by atoms with Crippen LogP contribution in [0.5, 0.6) is 0 Å². The Kier molecular flexibility index (Phi) is 6.30. The largest absolute Gasteiger partial charge is 0.272 e. The molecule has 0 unspecified atom stereocenters. The Balaban J connectivity index is 1.37. The zero-order chi connectivity index (χ0) is 21.8. The number of nitrogens with zero attached hydrogens (tertiary/aromatic N) is 4. The van der Waals surface area contributed by atoms with Gasteiger partial charge in [0.25, 0.3) is 5.91 Å². The molecule has 0 radical (unpaired) electrons. The van der Waals surface area contributed by atoms with Crippen LogP contribution in [0.15, 0.2) is 70.9 Å². The van der Waals surface area contributed by atoms with E-state index in [1.54, 1.807) is 5.01 Å². The molecule has 0 bridgehead atoms. The van der Waals surface area contributed by atoms with Crippen molar-refractivity contribution in [2.45, 2.75) is 49.7 Å². The van der Waals surface area contributed by atoms with Crippen molar-refractivity contribution in [2.24, 2.45) is 5.10 Å². The monoisotopic (exact) mass is 442 g/mol. The van der Waals surface area contributed by atoms with Gasteiger partial charge in [0.15, 0.2) is 5.16 Å². The lowest BCUT2D eigenvalue weighted by Gasteiger charge is -2.22. The number of thioether (sulfide) groups is 1. The average molecular weight is 443 g/mol. The summed E-state index contributed by atoms with van der Waals surface area (Å²) in [6.07, 6.45) is 8.12. The van der Waals surface area contributed by atoms with Gasteiger partial charge in [-0.1, -0.05) is 78.8 Å². The number of hydrazone groups is 1. The van der Waals surface area contributed by atoms with Crippen molar-refractivity contribution in [1.82, 2.24) is 15.0 Å². The van der Waals surface area contributed by atoms with E-state index in [0.29, 0.717) is 5.16 Å². The lowest BCUT2D eigenvalue weighted by atomic mass is 10.0. The quantitative estimate of drug-likeness (QED) is 0.299. The summed E-state index contributed by atoms with van der Waals surface area (Å²) < 4.78 is 0. The summed E-state index contributed by atoms with van der Waals surface area (Å²) in [6.45, 7) is 0. The number of rotatable bonds is 5. The lowest BCUT2D eigenvalue weighted by Crippen LogP contribution is -2.28. The van der Waals surface area contributed by atoms with Crippen LogP contribution in [0.4, 0.5) is 0 Å². The summed E-state index contributed by atoms with van der Waals surface area (Å²) in [5, 5.41) is 6.65. The standard InChI is InChI=1S/C26H26N4OS/c31-24(30-23(16-17-27-30)19-10-4-1-5-11-19)18-32-26-28-22-15-9-3-8-14-21(22)25(29-26)20-12-6-2-7-13-20/h1-2,4-7,10-13,17,23H,3,8-9,14-16,18H2/t23-/m0/s1. The van der Waals surface area contributed by atoms with Crippen molar-refractivity contribution in [2.75, 3.05) is 5.75 Å². The Hall–Kier alpha value is -2.99. The van der Waals surface area contributed by atoms with Crippen LogP contribution in [0.25, 0.3) is 11.3 Å². The minimum atomic E-state index is -0.0304. The Bertz CT molecular complexity index is 1120.